The zero-order chi connectivity index (χ0) is 14.0. The minimum Gasteiger partial charge on any atom is -0.394 e. The zero-order valence-corrected chi connectivity index (χ0v) is 11.4. The number of pyridine rings is 1. The molecule has 2 aromatic rings. The van der Waals surface area contributed by atoms with Crippen molar-refractivity contribution in [2.45, 2.75) is 19.4 Å². The third-order valence-electron chi connectivity index (χ3n) is 3.48. The van der Waals surface area contributed by atoms with E-state index >= 15 is 0 Å². The largest absolute Gasteiger partial charge is 0.394 e. The minimum absolute atomic E-state index is 0.0851. The van der Waals surface area contributed by atoms with Gasteiger partial charge in [0.05, 0.1) is 17.7 Å². The minimum atomic E-state index is -0.596. The molecule has 0 aliphatic rings. The van der Waals surface area contributed by atoms with E-state index in [9.17, 15) is 9.90 Å². The molecule has 2 rings (SSSR count). The molecule has 1 aromatic carbocycles. The summed E-state index contributed by atoms with van der Waals surface area (Å²) in [4.78, 5) is 18.4. The molecule has 0 unspecified atom stereocenters. The van der Waals surface area contributed by atoms with E-state index in [1.54, 1.807) is 24.2 Å². The summed E-state index contributed by atoms with van der Waals surface area (Å²) in [7, 11) is 1.70. The Bertz CT molecular complexity index is 603. The van der Waals surface area contributed by atoms with Crippen LogP contribution >= 0.6 is 0 Å². The van der Waals surface area contributed by atoms with Gasteiger partial charge in [0.2, 0.25) is 0 Å². The zero-order valence-electron chi connectivity index (χ0n) is 11.4. The number of aliphatic hydroxyl groups excluding tert-OH is 1. The highest BCUT2D eigenvalue weighted by Crippen LogP contribution is 2.21. The van der Waals surface area contributed by atoms with Gasteiger partial charge in [0.1, 0.15) is 0 Å². The molecule has 0 spiro atoms. The summed E-state index contributed by atoms with van der Waals surface area (Å²) in [6.07, 6.45) is 1.71. The molecule has 4 heteroatoms. The Morgan fingerprint density at radius 3 is 2.74 bits per heavy atom. The van der Waals surface area contributed by atoms with E-state index in [1.165, 1.54) is 0 Å². The van der Waals surface area contributed by atoms with E-state index in [-0.39, 0.29) is 12.5 Å². The van der Waals surface area contributed by atoms with Crippen molar-refractivity contribution >= 4 is 16.8 Å². The average molecular weight is 258 g/mol. The molecule has 0 radical (unpaired) electrons. The van der Waals surface area contributed by atoms with E-state index in [2.05, 4.69) is 4.98 Å². The van der Waals surface area contributed by atoms with Gasteiger partial charge in [0.25, 0.3) is 5.91 Å². The van der Waals surface area contributed by atoms with Crippen molar-refractivity contribution < 1.29 is 9.90 Å². The molecule has 19 heavy (non-hydrogen) atoms. The van der Waals surface area contributed by atoms with Gasteiger partial charge in [-0.2, -0.15) is 0 Å². The van der Waals surface area contributed by atoms with Crippen LogP contribution in [0.3, 0.4) is 0 Å². The number of hydrogen-bond acceptors (Lipinski definition) is 3. The lowest BCUT2D eigenvalue weighted by atomic mass is 10.0. The van der Waals surface area contributed by atoms with Crippen LogP contribution in [0.1, 0.15) is 24.2 Å². The third kappa shape index (κ3) is 2.44. The molecule has 1 amide bonds. The Kier molecular flexibility index (Phi) is 3.53. The molecule has 0 saturated carbocycles. The quantitative estimate of drug-likeness (QED) is 0.917. The Balaban J connectivity index is 2.48. The van der Waals surface area contributed by atoms with Crippen molar-refractivity contribution in [2.24, 2.45) is 0 Å². The number of likely N-dealkylation sites (N-methyl/N-ethyl adjacent to an activating group) is 1. The molecule has 1 aromatic heterocycles. The second kappa shape index (κ2) is 4.97. The van der Waals surface area contributed by atoms with Crippen molar-refractivity contribution in [3.8, 4) is 0 Å². The fraction of sp³-hybridized carbons (Fsp3) is 0.333. The number of benzene rings is 1. The molecule has 0 atom stereocenters. The summed E-state index contributed by atoms with van der Waals surface area (Å²) < 4.78 is 0. The maximum atomic E-state index is 12.6. The van der Waals surface area contributed by atoms with Gasteiger partial charge in [-0.25, -0.2) is 0 Å². The highest BCUT2D eigenvalue weighted by atomic mass is 16.3. The monoisotopic (exact) mass is 258 g/mol. The molecule has 0 saturated heterocycles. The lowest BCUT2D eigenvalue weighted by Crippen LogP contribution is -2.47. The Morgan fingerprint density at radius 1 is 1.32 bits per heavy atom. The Morgan fingerprint density at radius 2 is 2.05 bits per heavy atom. The molecular formula is C15H18N2O2. The number of hydrogen-bond donors (Lipinski definition) is 1. The predicted octanol–water partition coefficient (Wildman–Crippen LogP) is 2.08. The highest BCUT2D eigenvalue weighted by molar-refractivity contribution is 6.06. The van der Waals surface area contributed by atoms with Crippen molar-refractivity contribution in [3.05, 3.63) is 42.1 Å². The lowest BCUT2D eigenvalue weighted by Gasteiger charge is -2.34. The van der Waals surface area contributed by atoms with Crippen LogP contribution in [-0.4, -0.2) is 40.1 Å². The van der Waals surface area contributed by atoms with Crippen LogP contribution in [0, 0.1) is 0 Å². The summed E-state index contributed by atoms with van der Waals surface area (Å²) >= 11 is 0. The van der Waals surface area contributed by atoms with E-state index < -0.39 is 5.54 Å². The third-order valence-corrected chi connectivity index (χ3v) is 3.48. The van der Waals surface area contributed by atoms with E-state index in [0.717, 1.165) is 10.9 Å². The van der Waals surface area contributed by atoms with E-state index in [4.69, 9.17) is 0 Å². The van der Waals surface area contributed by atoms with Gasteiger partial charge in [0, 0.05) is 24.2 Å². The molecule has 100 valence electrons. The maximum Gasteiger partial charge on any atom is 0.254 e. The first-order chi connectivity index (χ1) is 8.97. The van der Waals surface area contributed by atoms with E-state index in [1.807, 2.05) is 38.1 Å². The number of nitrogens with zero attached hydrogens (tertiary/aromatic N) is 2. The van der Waals surface area contributed by atoms with Crippen LogP contribution in [0.15, 0.2) is 36.5 Å². The number of carbonyl (C=O) groups is 1. The summed E-state index contributed by atoms with van der Waals surface area (Å²) in [5.74, 6) is -0.113. The Labute approximate surface area is 112 Å². The summed E-state index contributed by atoms with van der Waals surface area (Å²) in [6, 6.07) is 9.19. The molecule has 0 fully saturated rings. The van der Waals surface area contributed by atoms with Crippen LogP contribution in [0.5, 0.6) is 0 Å². The normalized spacial score (nSPS) is 11.6. The van der Waals surface area contributed by atoms with Gasteiger partial charge in [-0.1, -0.05) is 12.1 Å². The van der Waals surface area contributed by atoms with Gasteiger partial charge < -0.3 is 10.0 Å². The summed E-state index contributed by atoms with van der Waals surface area (Å²) in [6.45, 7) is 3.57. The molecule has 4 nitrogen and oxygen atoms in total. The number of aliphatic hydroxyl groups is 1. The first-order valence-electron chi connectivity index (χ1n) is 6.20. The van der Waals surface area contributed by atoms with Gasteiger partial charge in [0.15, 0.2) is 0 Å². The summed E-state index contributed by atoms with van der Waals surface area (Å²) in [5.41, 5.74) is 0.805. The molecule has 0 aliphatic heterocycles. The lowest BCUT2D eigenvalue weighted by molar-refractivity contribution is 0.0475. The molecule has 1 N–H and O–H groups in total. The van der Waals surface area contributed by atoms with Crippen molar-refractivity contribution in [2.75, 3.05) is 13.7 Å². The van der Waals surface area contributed by atoms with Crippen molar-refractivity contribution in [3.63, 3.8) is 0 Å². The average Bonchev–Trinajstić information content (AvgIpc) is 2.45. The second-order valence-electron chi connectivity index (χ2n) is 5.21. The second-order valence-corrected chi connectivity index (χ2v) is 5.21. The molecule has 0 bridgehead atoms. The SMILES string of the molecule is CN(C(=O)c1cccc2ncccc12)C(C)(C)CO. The molecular weight excluding hydrogens is 240 g/mol. The van der Waals surface area contributed by atoms with Crippen molar-refractivity contribution in [1.82, 2.24) is 9.88 Å². The van der Waals surface area contributed by atoms with Gasteiger partial charge in [-0.3, -0.25) is 9.78 Å². The predicted molar refractivity (Wildman–Crippen MR) is 75.0 cm³/mol. The number of fused-ring (bicyclic) bond motifs is 1. The van der Waals surface area contributed by atoms with Crippen LogP contribution in [-0.2, 0) is 0 Å². The van der Waals surface area contributed by atoms with Gasteiger partial charge >= 0.3 is 0 Å². The van der Waals surface area contributed by atoms with E-state index in [0.29, 0.717) is 5.56 Å². The van der Waals surface area contributed by atoms with Crippen molar-refractivity contribution in [1.29, 1.82) is 0 Å². The standard InChI is InChI=1S/C15H18N2O2/c1-15(2,10-18)17(3)14(19)12-6-4-8-13-11(12)7-5-9-16-13/h4-9,18H,10H2,1-3H3. The first-order valence-corrected chi connectivity index (χ1v) is 6.20. The van der Waals surface area contributed by atoms with Crippen LogP contribution in [0.25, 0.3) is 10.9 Å². The number of amides is 1. The number of carbonyl (C=O) groups excluding carboxylic acids is 1. The Hall–Kier alpha value is -1.94. The fourth-order valence-electron chi connectivity index (χ4n) is 1.85. The number of rotatable bonds is 3. The summed E-state index contributed by atoms with van der Waals surface area (Å²) in [5, 5.41) is 10.2. The maximum absolute atomic E-state index is 12.6. The molecule has 0 aliphatic carbocycles. The van der Waals surface area contributed by atoms with Crippen LogP contribution in [0.4, 0.5) is 0 Å². The smallest absolute Gasteiger partial charge is 0.254 e. The van der Waals surface area contributed by atoms with Crippen LogP contribution in [0.2, 0.25) is 0 Å². The number of aromatic nitrogens is 1. The topological polar surface area (TPSA) is 53.4 Å². The fourth-order valence-corrected chi connectivity index (χ4v) is 1.85. The first kappa shape index (κ1) is 13.5. The van der Waals surface area contributed by atoms with Gasteiger partial charge in [-0.05, 0) is 32.0 Å². The highest BCUT2D eigenvalue weighted by Gasteiger charge is 2.28. The molecule has 1 heterocycles. The van der Waals surface area contributed by atoms with Gasteiger partial charge in [-0.15, -0.1) is 0 Å². The van der Waals surface area contributed by atoms with Crippen LogP contribution < -0.4 is 0 Å².